The van der Waals surface area contributed by atoms with Crippen LogP contribution in [-0.2, 0) is 35.1 Å². The van der Waals surface area contributed by atoms with Crippen molar-refractivity contribution in [2.75, 3.05) is 6.61 Å². The van der Waals surface area contributed by atoms with Crippen molar-refractivity contribution >= 4 is 36.0 Å². The van der Waals surface area contributed by atoms with Crippen molar-refractivity contribution in [3.05, 3.63) is 118 Å². The van der Waals surface area contributed by atoms with Gasteiger partial charge in [-0.2, -0.15) is 0 Å². The van der Waals surface area contributed by atoms with Gasteiger partial charge in [-0.3, -0.25) is 14.4 Å². The van der Waals surface area contributed by atoms with E-state index in [1.165, 1.54) is 16.7 Å². The number of rotatable bonds is 10. The van der Waals surface area contributed by atoms with E-state index in [-0.39, 0.29) is 18.9 Å². The van der Waals surface area contributed by atoms with Crippen molar-refractivity contribution in [2.24, 2.45) is 0 Å². The maximum atomic E-state index is 13.9. The third kappa shape index (κ3) is 5.65. The zero-order valence-electron chi connectivity index (χ0n) is 21.8. The molecule has 40 heavy (non-hydrogen) atoms. The van der Waals surface area contributed by atoms with Gasteiger partial charge in [0.2, 0.25) is 11.8 Å². The van der Waals surface area contributed by atoms with E-state index in [1.54, 1.807) is 0 Å². The molecule has 0 bridgehead atoms. The van der Waals surface area contributed by atoms with Crippen LogP contribution in [0.2, 0.25) is 0 Å². The van der Waals surface area contributed by atoms with E-state index in [0.717, 1.165) is 21.6 Å². The van der Waals surface area contributed by atoms with Crippen molar-refractivity contribution < 1.29 is 28.7 Å². The summed E-state index contributed by atoms with van der Waals surface area (Å²) >= 11 is 1.35. The summed E-state index contributed by atoms with van der Waals surface area (Å²) in [5.41, 5.74) is 2.85. The number of ether oxygens (including phenoxy) is 2. The van der Waals surface area contributed by atoms with E-state index < -0.39 is 35.4 Å². The topological polar surface area (TPSA) is 102 Å². The average Bonchev–Trinajstić information content (AvgIpc) is 2.99. The SMILES string of the molecule is CC1=C(COC=O)C(C(=O)OC(c2ccccc2)c2ccccc2)N2C(=O)C(NC(=O)Cc3ccccc3)[C@H]2S1. The van der Waals surface area contributed by atoms with Gasteiger partial charge < -0.3 is 19.7 Å². The number of carbonyl (C=O) groups is 4. The Bertz CT molecular complexity index is 1370. The van der Waals surface area contributed by atoms with Gasteiger partial charge in [-0.15, -0.1) is 11.8 Å². The van der Waals surface area contributed by atoms with Crippen LogP contribution in [0.3, 0.4) is 0 Å². The molecular weight excluding hydrogens is 528 g/mol. The number of benzene rings is 3. The maximum Gasteiger partial charge on any atom is 0.334 e. The molecule has 1 N–H and O–H groups in total. The van der Waals surface area contributed by atoms with E-state index in [9.17, 15) is 19.2 Å². The Labute approximate surface area is 236 Å². The van der Waals surface area contributed by atoms with Crippen molar-refractivity contribution in [3.63, 3.8) is 0 Å². The lowest BCUT2D eigenvalue weighted by Crippen LogP contribution is -2.74. The highest BCUT2D eigenvalue weighted by Crippen LogP contribution is 2.45. The minimum Gasteiger partial charge on any atom is -0.463 e. The zero-order valence-corrected chi connectivity index (χ0v) is 22.6. The lowest BCUT2D eigenvalue weighted by Gasteiger charge is -2.52. The van der Waals surface area contributed by atoms with Gasteiger partial charge in [0, 0.05) is 5.57 Å². The minimum atomic E-state index is -1.10. The highest BCUT2D eigenvalue weighted by atomic mass is 32.2. The summed E-state index contributed by atoms with van der Waals surface area (Å²) < 4.78 is 11.1. The quantitative estimate of drug-likeness (QED) is 0.230. The molecule has 2 amide bonds. The normalized spacial score (nSPS) is 19.9. The number of amides is 2. The van der Waals surface area contributed by atoms with E-state index in [4.69, 9.17) is 9.47 Å². The Hall–Kier alpha value is -4.37. The van der Waals surface area contributed by atoms with Crippen LogP contribution in [0, 0.1) is 0 Å². The first kappa shape index (κ1) is 27.2. The van der Waals surface area contributed by atoms with Gasteiger partial charge in [-0.05, 0) is 28.5 Å². The Morgan fingerprint density at radius 1 is 0.950 bits per heavy atom. The molecule has 0 spiro atoms. The summed E-state index contributed by atoms with van der Waals surface area (Å²) in [6.07, 6.45) is -0.578. The van der Waals surface area contributed by atoms with Gasteiger partial charge in [-0.25, -0.2) is 4.79 Å². The fourth-order valence-corrected chi connectivity index (χ4v) is 6.31. The predicted molar refractivity (Wildman–Crippen MR) is 150 cm³/mol. The lowest BCUT2D eigenvalue weighted by atomic mass is 9.96. The van der Waals surface area contributed by atoms with Crippen LogP contribution < -0.4 is 5.32 Å². The number of hydrogen-bond acceptors (Lipinski definition) is 7. The van der Waals surface area contributed by atoms with Crippen LogP contribution in [0.4, 0.5) is 0 Å². The number of β-lactam (4-membered cyclic amide) rings is 1. The highest BCUT2D eigenvalue weighted by Gasteiger charge is 2.57. The number of allylic oxidation sites excluding steroid dienone is 1. The Kier molecular flexibility index (Phi) is 8.31. The molecule has 3 atom stereocenters. The molecule has 5 rings (SSSR count). The molecule has 8 nitrogen and oxygen atoms in total. The molecule has 2 heterocycles. The molecule has 3 aromatic carbocycles. The maximum absolute atomic E-state index is 13.9. The molecule has 2 aliphatic rings. The first-order valence-corrected chi connectivity index (χ1v) is 13.7. The van der Waals surface area contributed by atoms with Gasteiger partial charge in [-0.1, -0.05) is 91.0 Å². The Morgan fingerprint density at radius 3 is 2.10 bits per heavy atom. The van der Waals surface area contributed by atoms with Gasteiger partial charge in [0.15, 0.2) is 12.1 Å². The van der Waals surface area contributed by atoms with Crippen LogP contribution in [0.5, 0.6) is 0 Å². The molecular formula is C31H28N2O6S. The minimum absolute atomic E-state index is 0.135. The summed E-state index contributed by atoms with van der Waals surface area (Å²) in [6, 6.07) is 26.0. The number of hydrogen-bond donors (Lipinski definition) is 1. The third-order valence-corrected chi connectivity index (χ3v) is 8.29. The summed E-state index contributed by atoms with van der Waals surface area (Å²) in [5, 5.41) is 2.33. The van der Waals surface area contributed by atoms with Gasteiger partial charge in [0.25, 0.3) is 6.47 Å². The molecule has 204 valence electrons. The number of fused-ring (bicyclic) bond motifs is 1. The van der Waals surface area contributed by atoms with Gasteiger partial charge in [0.05, 0.1) is 6.42 Å². The zero-order chi connectivity index (χ0) is 28.1. The molecule has 2 aliphatic heterocycles. The van der Waals surface area contributed by atoms with E-state index in [0.29, 0.717) is 12.0 Å². The van der Waals surface area contributed by atoms with Crippen molar-refractivity contribution in [1.82, 2.24) is 10.2 Å². The largest absolute Gasteiger partial charge is 0.463 e. The number of esters is 1. The molecule has 0 radical (unpaired) electrons. The summed E-state index contributed by atoms with van der Waals surface area (Å²) in [7, 11) is 0. The molecule has 0 aliphatic carbocycles. The second-order valence-corrected chi connectivity index (χ2v) is 10.8. The van der Waals surface area contributed by atoms with E-state index >= 15 is 0 Å². The fraction of sp³-hybridized carbons (Fsp3) is 0.226. The monoisotopic (exact) mass is 556 g/mol. The Morgan fingerprint density at radius 2 is 1.52 bits per heavy atom. The van der Waals surface area contributed by atoms with Gasteiger partial charge >= 0.3 is 5.97 Å². The molecule has 3 aromatic rings. The highest BCUT2D eigenvalue weighted by molar-refractivity contribution is 8.03. The van der Waals surface area contributed by atoms with Crippen LogP contribution in [0.1, 0.15) is 29.7 Å². The first-order valence-electron chi connectivity index (χ1n) is 12.9. The molecule has 2 unspecified atom stereocenters. The second kappa shape index (κ2) is 12.2. The lowest BCUT2D eigenvalue weighted by molar-refractivity contribution is -0.166. The van der Waals surface area contributed by atoms with Crippen LogP contribution >= 0.6 is 11.8 Å². The molecule has 1 fully saturated rings. The average molecular weight is 557 g/mol. The summed E-state index contributed by atoms with van der Waals surface area (Å²) in [4.78, 5) is 53.2. The van der Waals surface area contributed by atoms with Gasteiger partial charge in [0.1, 0.15) is 18.0 Å². The second-order valence-electron chi connectivity index (χ2n) is 9.49. The molecule has 0 aromatic heterocycles. The standard InChI is InChI=1S/C31H28N2O6S/c1-20-24(18-38-19-34)27(31(37)39-28(22-13-7-3-8-14-22)23-15-9-4-10-16-23)33-29(36)26(30(33)40-20)32-25(35)17-21-11-5-2-6-12-21/h2-16,19,26-28,30H,17-18H2,1H3,(H,32,35)/t26?,27?,30-/m1/s1. The fourth-order valence-electron chi connectivity index (χ4n) is 4.97. The number of nitrogens with zero attached hydrogens (tertiary/aromatic N) is 1. The van der Waals surface area contributed by atoms with Crippen molar-refractivity contribution in [3.8, 4) is 0 Å². The van der Waals surface area contributed by atoms with E-state index in [2.05, 4.69) is 5.32 Å². The third-order valence-electron chi connectivity index (χ3n) is 6.93. The number of thioether (sulfide) groups is 1. The van der Waals surface area contributed by atoms with Crippen molar-refractivity contribution in [2.45, 2.75) is 36.9 Å². The summed E-state index contributed by atoms with van der Waals surface area (Å²) in [6.45, 7) is 1.95. The molecule has 0 saturated carbocycles. The predicted octanol–water partition coefficient (Wildman–Crippen LogP) is 3.78. The van der Waals surface area contributed by atoms with Crippen LogP contribution in [0.25, 0.3) is 0 Å². The van der Waals surface area contributed by atoms with Crippen LogP contribution in [-0.4, -0.2) is 53.2 Å². The molecule has 9 heteroatoms. The van der Waals surface area contributed by atoms with E-state index in [1.807, 2.05) is 97.9 Å². The van der Waals surface area contributed by atoms with Crippen molar-refractivity contribution in [1.29, 1.82) is 0 Å². The number of carbonyl (C=O) groups excluding carboxylic acids is 4. The first-order chi connectivity index (χ1) is 19.5. The Balaban J connectivity index is 1.40. The van der Waals surface area contributed by atoms with Crippen LogP contribution in [0.15, 0.2) is 101 Å². The molecule has 1 saturated heterocycles. The number of nitrogens with one attached hydrogen (secondary N) is 1. The summed E-state index contributed by atoms with van der Waals surface area (Å²) in [5.74, 6) is -1.32. The smallest absolute Gasteiger partial charge is 0.334 e.